The minimum absolute atomic E-state index is 0.152. The second kappa shape index (κ2) is 10.8. The molecule has 0 unspecified atom stereocenters. The summed E-state index contributed by atoms with van der Waals surface area (Å²) in [7, 11) is 4.98. The zero-order chi connectivity index (χ0) is 22.4. The van der Waals surface area contributed by atoms with Gasteiger partial charge in [-0.3, -0.25) is 4.79 Å². The van der Waals surface area contributed by atoms with Crippen LogP contribution in [0.1, 0.15) is 5.56 Å². The average molecular weight is 569 g/mol. The number of rotatable bonds is 8. The number of amides is 1. The Balaban J connectivity index is 1.58. The molecule has 1 N–H and O–H groups in total. The van der Waals surface area contributed by atoms with Crippen molar-refractivity contribution in [3.8, 4) is 22.9 Å². The molecule has 0 bridgehead atoms. The molecular weight excluding hydrogens is 550 g/mol. The van der Waals surface area contributed by atoms with Crippen molar-refractivity contribution in [3.63, 3.8) is 0 Å². The number of nitrogens with zero attached hydrogens (tertiary/aromatic N) is 4. The highest BCUT2D eigenvalue weighted by Gasteiger charge is 2.13. The number of benzene rings is 2. The summed E-state index contributed by atoms with van der Waals surface area (Å²) >= 11 is 8.13. The number of methoxy groups -OCH3 is 2. The first-order valence-electron chi connectivity index (χ1n) is 8.94. The molecule has 0 aliphatic heterocycles. The van der Waals surface area contributed by atoms with E-state index in [0.29, 0.717) is 16.7 Å². The Bertz CT molecular complexity index is 1100. The van der Waals surface area contributed by atoms with E-state index in [1.807, 2.05) is 41.9 Å². The van der Waals surface area contributed by atoms with Gasteiger partial charge in [0, 0.05) is 17.1 Å². The maximum absolute atomic E-state index is 12.2. The number of carbonyl (C=O) groups is 1. The second-order valence-electron chi connectivity index (χ2n) is 6.19. The molecule has 3 rings (SSSR count). The lowest BCUT2D eigenvalue weighted by Crippen LogP contribution is -2.19. The van der Waals surface area contributed by atoms with E-state index in [0.717, 1.165) is 25.9 Å². The Kier molecular flexibility index (Phi) is 8.10. The van der Waals surface area contributed by atoms with Gasteiger partial charge in [-0.2, -0.15) is 5.10 Å². The van der Waals surface area contributed by atoms with Gasteiger partial charge in [0.05, 0.1) is 30.7 Å². The minimum Gasteiger partial charge on any atom is -0.493 e. The van der Waals surface area contributed by atoms with Gasteiger partial charge < -0.3 is 14.0 Å². The van der Waals surface area contributed by atoms with Crippen molar-refractivity contribution in [2.24, 2.45) is 12.1 Å². The van der Waals surface area contributed by atoms with E-state index in [1.54, 1.807) is 20.3 Å². The molecule has 1 aromatic heterocycles. The SMILES string of the molecule is COc1cc(C=NNC(=O)CSc2nnc(-c3ccc(Br)cc3)n2C)cc(Br)c1OC. The lowest BCUT2D eigenvalue weighted by Gasteiger charge is -2.10. The number of carbonyl (C=O) groups excluding carboxylic acids is 1. The fourth-order valence-corrected chi connectivity index (χ4v) is 4.23. The number of ether oxygens (including phenoxy) is 2. The van der Waals surface area contributed by atoms with Crippen LogP contribution in [0.15, 0.2) is 55.6 Å². The smallest absolute Gasteiger partial charge is 0.250 e. The number of thioether (sulfide) groups is 1. The van der Waals surface area contributed by atoms with Gasteiger partial charge in [-0.15, -0.1) is 10.2 Å². The largest absolute Gasteiger partial charge is 0.493 e. The van der Waals surface area contributed by atoms with E-state index in [1.165, 1.54) is 18.0 Å². The van der Waals surface area contributed by atoms with Crippen molar-refractivity contribution in [2.75, 3.05) is 20.0 Å². The first-order valence-corrected chi connectivity index (χ1v) is 11.5. The first-order chi connectivity index (χ1) is 14.9. The van der Waals surface area contributed by atoms with Crippen molar-refractivity contribution in [1.29, 1.82) is 0 Å². The van der Waals surface area contributed by atoms with Crippen LogP contribution in [0.25, 0.3) is 11.4 Å². The number of hydrazone groups is 1. The van der Waals surface area contributed by atoms with Crippen molar-refractivity contribution in [3.05, 3.63) is 50.9 Å². The molecule has 0 radical (unpaired) electrons. The Morgan fingerprint density at radius 3 is 2.61 bits per heavy atom. The van der Waals surface area contributed by atoms with Crippen molar-refractivity contribution in [1.82, 2.24) is 20.2 Å². The molecule has 0 atom stereocenters. The third-order valence-electron chi connectivity index (χ3n) is 4.13. The Morgan fingerprint density at radius 2 is 1.94 bits per heavy atom. The maximum atomic E-state index is 12.2. The molecule has 1 amide bonds. The van der Waals surface area contributed by atoms with E-state index < -0.39 is 0 Å². The van der Waals surface area contributed by atoms with Crippen LogP contribution in [-0.2, 0) is 11.8 Å². The summed E-state index contributed by atoms with van der Waals surface area (Å²) in [6.45, 7) is 0. The van der Waals surface area contributed by atoms with Gasteiger partial charge in [0.15, 0.2) is 22.5 Å². The zero-order valence-electron chi connectivity index (χ0n) is 16.9. The summed E-state index contributed by atoms with van der Waals surface area (Å²) in [6, 6.07) is 11.4. The Morgan fingerprint density at radius 1 is 1.19 bits per heavy atom. The van der Waals surface area contributed by atoms with Gasteiger partial charge in [0.2, 0.25) is 0 Å². The summed E-state index contributed by atoms with van der Waals surface area (Å²) < 4.78 is 14.1. The number of hydrogen-bond acceptors (Lipinski definition) is 7. The molecule has 8 nitrogen and oxygen atoms in total. The number of aromatic nitrogens is 3. The highest BCUT2D eigenvalue weighted by Crippen LogP contribution is 2.35. The molecule has 0 spiro atoms. The van der Waals surface area contributed by atoms with E-state index in [4.69, 9.17) is 9.47 Å². The van der Waals surface area contributed by atoms with E-state index in [9.17, 15) is 4.79 Å². The normalized spacial score (nSPS) is 11.0. The predicted molar refractivity (Wildman–Crippen MR) is 128 cm³/mol. The summed E-state index contributed by atoms with van der Waals surface area (Å²) in [5.41, 5.74) is 4.20. The quantitative estimate of drug-likeness (QED) is 0.248. The highest BCUT2D eigenvalue weighted by molar-refractivity contribution is 9.10. The molecule has 162 valence electrons. The third kappa shape index (κ3) is 5.86. The molecule has 0 aliphatic rings. The van der Waals surface area contributed by atoms with Crippen LogP contribution < -0.4 is 14.9 Å². The molecule has 0 saturated carbocycles. The molecule has 3 aromatic rings. The Labute approximate surface area is 200 Å². The van der Waals surface area contributed by atoms with Crippen LogP contribution in [0.5, 0.6) is 11.5 Å². The van der Waals surface area contributed by atoms with Crippen LogP contribution in [0, 0.1) is 0 Å². The Hall–Kier alpha value is -2.37. The molecule has 2 aromatic carbocycles. The zero-order valence-corrected chi connectivity index (χ0v) is 20.9. The van der Waals surface area contributed by atoms with Gasteiger partial charge >= 0.3 is 0 Å². The van der Waals surface area contributed by atoms with Gasteiger partial charge in [-0.25, -0.2) is 5.43 Å². The van der Waals surface area contributed by atoms with Crippen molar-refractivity contribution < 1.29 is 14.3 Å². The highest BCUT2D eigenvalue weighted by atomic mass is 79.9. The monoisotopic (exact) mass is 567 g/mol. The average Bonchev–Trinajstić information content (AvgIpc) is 3.12. The van der Waals surface area contributed by atoms with Crippen LogP contribution in [-0.4, -0.2) is 46.9 Å². The van der Waals surface area contributed by atoms with Crippen molar-refractivity contribution >= 4 is 55.7 Å². The maximum Gasteiger partial charge on any atom is 0.250 e. The third-order valence-corrected chi connectivity index (χ3v) is 6.27. The summed E-state index contributed by atoms with van der Waals surface area (Å²) in [6.07, 6.45) is 1.53. The van der Waals surface area contributed by atoms with Crippen LogP contribution in [0.2, 0.25) is 0 Å². The lowest BCUT2D eigenvalue weighted by molar-refractivity contribution is -0.118. The van der Waals surface area contributed by atoms with Gasteiger partial charge in [0.25, 0.3) is 5.91 Å². The van der Waals surface area contributed by atoms with Crippen LogP contribution in [0.3, 0.4) is 0 Å². The van der Waals surface area contributed by atoms with Gasteiger partial charge in [-0.05, 0) is 45.8 Å². The first kappa shape index (κ1) is 23.3. The number of hydrogen-bond donors (Lipinski definition) is 1. The van der Waals surface area contributed by atoms with Crippen LogP contribution >= 0.6 is 43.6 Å². The molecular formula is C20H19Br2N5O3S. The molecule has 0 fully saturated rings. The molecule has 0 saturated heterocycles. The van der Waals surface area contributed by atoms with E-state index >= 15 is 0 Å². The summed E-state index contributed by atoms with van der Waals surface area (Å²) in [5.74, 6) is 1.77. The standard InChI is InChI=1S/C20H19Br2N5O3S/c1-27-19(13-4-6-14(21)7-5-13)25-26-20(27)31-11-17(28)24-23-10-12-8-15(22)18(30-3)16(9-12)29-2/h4-10H,11H2,1-3H3,(H,24,28). The fraction of sp³-hybridized carbons (Fsp3) is 0.200. The second-order valence-corrected chi connectivity index (χ2v) is 8.90. The lowest BCUT2D eigenvalue weighted by atomic mass is 10.2. The summed E-state index contributed by atoms with van der Waals surface area (Å²) in [5, 5.41) is 13.0. The van der Waals surface area contributed by atoms with Gasteiger partial charge in [-0.1, -0.05) is 39.8 Å². The number of nitrogens with one attached hydrogen (secondary N) is 1. The predicted octanol–water partition coefficient (Wildman–Crippen LogP) is 4.27. The molecule has 0 aliphatic carbocycles. The van der Waals surface area contributed by atoms with Gasteiger partial charge in [0.1, 0.15) is 0 Å². The van der Waals surface area contributed by atoms with E-state index in [2.05, 4.69) is 52.6 Å². The van der Waals surface area contributed by atoms with Crippen molar-refractivity contribution in [2.45, 2.75) is 5.16 Å². The molecule has 11 heteroatoms. The summed E-state index contributed by atoms with van der Waals surface area (Å²) in [4.78, 5) is 12.2. The minimum atomic E-state index is -0.256. The molecule has 31 heavy (non-hydrogen) atoms. The molecule has 1 heterocycles. The van der Waals surface area contributed by atoms with E-state index in [-0.39, 0.29) is 11.7 Å². The fourth-order valence-electron chi connectivity index (χ4n) is 2.64. The topological polar surface area (TPSA) is 90.6 Å². The van der Waals surface area contributed by atoms with Crippen LogP contribution in [0.4, 0.5) is 0 Å². The number of halogens is 2.